The van der Waals surface area contributed by atoms with E-state index in [-0.39, 0.29) is 17.5 Å². The van der Waals surface area contributed by atoms with Crippen LogP contribution in [0, 0.1) is 5.41 Å². The Morgan fingerprint density at radius 1 is 1.04 bits per heavy atom. The summed E-state index contributed by atoms with van der Waals surface area (Å²) in [6.07, 6.45) is 3.93. The van der Waals surface area contributed by atoms with Gasteiger partial charge in [0.25, 0.3) is 0 Å². The molecule has 28 heavy (non-hydrogen) atoms. The fourth-order valence-corrected chi connectivity index (χ4v) is 5.04. The van der Waals surface area contributed by atoms with Crippen molar-refractivity contribution < 1.29 is 9.53 Å². The number of hydrogen-bond acceptors (Lipinski definition) is 5. The number of ether oxygens (including phenoxy) is 1. The Labute approximate surface area is 173 Å². The summed E-state index contributed by atoms with van der Waals surface area (Å²) in [5.41, 5.74) is 1.05. The van der Waals surface area contributed by atoms with E-state index in [1.54, 1.807) is 0 Å². The number of piperidine rings is 1. The van der Waals surface area contributed by atoms with Crippen LogP contribution in [0.15, 0.2) is 24.3 Å². The van der Waals surface area contributed by atoms with E-state index in [9.17, 15) is 4.79 Å². The van der Waals surface area contributed by atoms with Crippen molar-refractivity contribution in [3.63, 3.8) is 0 Å². The Balaban J connectivity index is 1.22. The summed E-state index contributed by atoms with van der Waals surface area (Å²) in [4.78, 5) is 19.9. The summed E-state index contributed by atoms with van der Waals surface area (Å²) in [6, 6.07) is 8.11. The molecule has 6 heteroatoms. The maximum atomic E-state index is 12.6. The summed E-state index contributed by atoms with van der Waals surface area (Å²) in [5, 5.41) is 0.784. The molecule has 3 saturated heterocycles. The zero-order chi connectivity index (χ0) is 19.6. The molecular formula is C22H32ClN3O2. The number of benzene rings is 1. The lowest BCUT2D eigenvalue weighted by atomic mass is 9.76. The third kappa shape index (κ3) is 4.32. The smallest absolute Gasteiger partial charge is 0.312 e. The van der Waals surface area contributed by atoms with Crippen LogP contribution in [0.5, 0.6) is 0 Å². The molecule has 1 aromatic carbocycles. The highest BCUT2D eigenvalue weighted by molar-refractivity contribution is 6.30. The minimum absolute atomic E-state index is 0.0702. The fourth-order valence-electron chi connectivity index (χ4n) is 4.91. The van der Waals surface area contributed by atoms with E-state index in [1.165, 1.54) is 5.69 Å². The van der Waals surface area contributed by atoms with Crippen molar-refractivity contribution in [2.24, 2.45) is 5.41 Å². The molecule has 0 aliphatic carbocycles. The Hall–Kier alpha value is -1.30. The molecule has 0 amide bonds. The molecule has 1 unspecified atom stereocenters. The first-order valence-electron chi connectivity index (χ1n) is 10.7. The van der Waals surface area contributed by atoms with Crippen LogP contribution in [0.25, 0.3) is 0 Å². The molecule has 3 aliphatic rings. The van der Waals surface area contributed by atoms with Gasteiger partial charge in [0.05, 0.1) is 5.41 Å². The number of anilines is 1. The van der Waals surface area contributed by atoms with Crippen molar-refractivity contribution in [2.75, 3.05) is 57.3 Å². The summed E-state index contributed by atoms with van der Waals surface area (Å²) < 4.78 is 5.81. The van der Waals surface area contributed by atoms with E-state index in [1.807, 2.05) is 12.1 Å². The number of nitrogens with zero attached hydrogens (tertiary/aromatic N) is 3. The highest BCUT2D eigenvalue weighted by atomic mass is 35.5. The Morgan fingerprint density at radius 3 is 2.36 bits per heavy atom. The second kappa shape index (κ2) is 8.60. The minimum Gasteiger partial charge on any atom is -0.462 e. The van der Waals surface area contributed by atoms with Crippen LogP contribution < -0.4 is 4.90 Å². The summed E-state index contributed by atoms with van der Waals surface area (Å²) >= 11 is 5.99. The molecule has 0 N–H and O–H groups in total. The molecular weight excluding hydrogens is 374 g/mol. The zero-order valence-electron chi connectivity index (χ0n) is 16.9. The number of hydrogen-bond donors (Lipinski definition) is 0. The first kappa shape index (κ1) is 20.0. The van der Waals surface area contributed by atoms with Crippen LogP contribution in [0.1, 0.15) is 32.6 Å². The molecule has 3 aliphatic heterocycles. The number of esters is 1. The van der Waals surface area contributed by atoms with Crippen LogP contribution in [-0.2, 0) is 9.53 Å². The average molecular weight is 406 g/mol. The van der Waals surface area contributed by atoms with Crippen molar-refractivity contribution in [1.29, 1.82) is 0 Å². The Bertz CT molecular complexity index is 665. The van der Waals surface area contributed by atoms with Crippen molar-refractivity contribution in [3.8, 4) is 0 Å². The normalized spacial score (nSPS) is 26.0. The SMILES string of the molecule is CCN1CCC2(CC1)CC(CCN1CCN(c3ccc(Cl)cc3)CC1)OC2=O. The first-order valence-corrected chi connectivity index (χ1v) is 11.1. The molecule has 0 bridgehead atoms. The van der Waals surface area contributed by atoms with Crippen molar-refractivity contribution in [3.05, 3.63) is 29.3 Å². The van der Waals surface area contributed by atoms with Gasteiger partial charge in [0.1, 0.15) is 6.10 Å². The van der Waals surface area contributed by atoms with Gasteiger partial charge in [-0.2, -0.15) is 0 Å². The van der Waals surface area contributed by atoms with Crippen LogP contribution in [0.2, 0.25) is 5.02 Å². The topological polar surface area (TPSA) is 36.0 Å². The maximum Gasteiger partial charge on any atom is 0.312 e. The van der Waals surface area contributed by atoms with Gasteiger partial charge in [-0.3, -0.25) is 9.69 Å². The predicted octanol–water partition coefficient (Wildman–Crippen LogP) is 3.27. The molecule has 0 saturated carbocycles. The van der Waals surface area contributed by atoms with E-state index in [0.717, 1.165) is 83.1 Å². The quantitative estimate of drug-likeness (QED) is 0.702. The molecule has 0 aromatic heterocycles. The molecule has 1 atom stereocenters. The monoisotopic (exact) mass is 405 g/mol. The number of rotatable bonds is 5. The first-order chi connectivity index (χ1) is 13.6. The van der Waals surface area contributed by atoms with Crippen molar-refractivity contribution >= 4 is 23.3 Å². The number of likely N-dealkylation sites (tertiary alicyclic amines) is 1. The van der Waals surface area contributed by atoms with Gasteiger partial charge >= 0.3 is 5.97 Å². The van der Waals surface area contributed by atoms with Crippen LogP contribution in [-0.4, -0.2) is 74.2 Å². The highest BCUT2D eigenvalue weighted by Gasteiger charge is 2.50. The maximum absolute atomic E-state index is 12.6. The lowest BCUT2D eigenvalue weighted by molar-refractivity contribution is -0.151. The van der Waals surface area contributed by atoms with Gasteiger partial charge in [0.15, 0.2) is 0 Å². The second-order valence-electron chi connectivity index (χ2n) is 8.54. The third-order valence-electron chi connectivity index (χ3n) is 6.92. The fraction of sp³-hybridized carbons (Fsp3) is 0.682. The summed E-state index contributed by atoms with van der Waals surface area (Å²) in [6.45, 7) is 10.5. The minimum atomic E-state index is -0.191. The molecule has 1 aromatic rings. The van der Waals surface area contributed by atoms with Gasteiger partial charge in [-0.05, 0) is 63.2 Å². The van der Waals surface area contributed by atoms with Crippen molar-refractivity contribution in [1.82, 2.24) is 9.80 Å². The van der Waals surface area contributed by atoms with E-state index >= 15 is 0 Å². The van der Waals surface area contributed by atoms with Gasteiger partial charge in [-0.15, -0.1) is 0 Å². The molecule has 0 radical (unpaired) electrons. The number of cyclic esters (lactones) is 1. The highest BCUT2D eigenvalue weighted by Crippen LogP contribution is 2.43. The molecule has 3 fully saturated rings. The lowest BCUT2D eigenvalue weighted by Gasteiger charge is -2.36. The van der Waals surface area contributed by atoms with Gasteiger partial charge in [0, 0.05) is 49.9 Å². The number of carbonyl (C=O) groups is 1. The molecule has 3 heterocycles. The molecule has 4 rings (SSSR count). The van der Waals surface area contributed by atoms with E-state index < -0.39 is 0 Å². The van der Waals surface area contributed by atoms with E-state index in [4.69, 9.17) is 16.3 Å². The van der Waals surface area contributed by atoms with Crippen molar-refractivity contribution in [2.45, 2.75) is 38.7 Å². The standard InChI is InChI=1S/C22H32ClN3O2/c1-2-24-11-8-22(9-12-24)17-20(28-21(22)27)7-10-25-13-15-26(16-14-25)19-5-3-18(23)4-6-19/h3-6,20H,2,7-17H2,1H3. The van der Waals surface area contributed by atoms with Crippen LogP contribution in [0.4, 0.5) is 5.69 Å². The largest absolute Gasteiger partial charge is 0.462 e. The molecule has 5 nitrogen and oxygen atoms in total. The average Bonchev–Trinajstić information content (AvgIpc) is 3.03. The third-order valence-corrected chi connectivity index (χ3v) is 7.17. The van der Waals surface area contributed by atoms with Gasteiger partial charge in [-0.25, -0.2) is 0 Å². The van der Waals surface area contributed by atoms with Gasteiger partial charge in [0.2, 0.25) is 0 Å². The Kier molecular flexibility index (Phi) is 6.14. The second-order valence-corrected chi connectivity index (χ2v) is 8.98. The van der Waals surface area contributed by atoms with Gasteiger partial charge in [-0.1, -0.05) is 18.5 Å². The molecule has 1 spiro atoms. The van der Waals surface area contributed by atoms with E-state index in [2.05, 4.69) is 33.8 Å². The van der Waals surface area contributed by atoms with E-state index in [0.29, 0.717) is 0 Å². The lowest BCUT2D eigenvalue weighted by Crippen LogP contribution is -2.47. The zero-order valence-corrected chi connectivity index (χ0v) is 17.7. The number of piperazine rings is 1. The molecule has 154 valence electrons. The van der Waals surface area contributed by atoms with Crippen LogP contribution in [0.3, 0.4) is 0 Å². The summed E-state index contributed by atoms with van der Waals surface area (Å²) in [7, 11) is 0. The van der Waals surface area contributed by atoms with Crippen LogP contribution >= 0.6 is 11.6 Å². The summed E-state index contributed by atoms with van der Waals surface area (Å²) in [5.74, 6) is 0.0702. The Morgan fingerprint density at radius 2 is 1.71 bits per heavy atom. The van der Waals surface area contributed by atoms with Gasteiger partial charge < -0.3 is 14.5 Å². The predicted molar refractivity (Wildman–Crippen MR) is 113 cm³/mol. The number of halogens is 1. The number of carbonyl (C=O) groups excluding carboxylic acids is 1.